The molecule has 15 heavy (non-hydrogen) atoms. The molecule has 0 spiro atoms. The Morgan fingerprint density at radius 1 is 1.47 bits per heavy atom. The van der Waals surface area contributed by atoms with Crippen LogP contribution >= 0.6 is 0 Å². The standard InChI is InChI=1S/C11H22N2O2/c1-4-5-13-7-9(2)12(3)10(8-13)6-11(14)15/h9-10H,4-8H2,1-3H3,(H,14,15). The van der Waals surface area contributed by atoms with Crippen LogP contribution < -0.4 is 0 Å². The molecular formula is C11H22N2O2. The van der Waals surface area contributed by atoms with Gasteiger partial charge in [-0.3, -0.25) is 9.69 Å². The Balaban J connectivity index is 2.55. The van der Waals surface area contributed by atoms with Gasteiger partial charge in [0.1, 0.15) is 0 Å². The van der Waals surface area contributed by atoms with Crippen LogP contribution in [0.25, 0.3) is 0 Å². The number of rotatable bonds is 4. The fourth-order valence-corrected chi connectivity index (χ4v) is 2.27. The molecule has 1 fully saturated rings. The van der Waals surface area contributed by atoms with Crippen LogP contribution in [0.15, 0.2) is 0 Å². The van der Waals surface area contributed by atoms with Gasteiger partial charge in [-0.2, -0.15) is 0 Å². The third kappa shape index (κ3) is 3.47. The van der Waals surface area contributed by atoms with Gasteiger partial charge in [-0.25, -0.2) is 0 Å². The van der Waals surface area contributed by atoms with Crippen LogP contribution in [0.5, 0.6) is 0 Å². The normalized spacial score (nSPS) is 29.3. The molecule has 0 aliphatic carbocycles. The van der Waals surface area contributed by atoms with Crippen LogP contribution in [0, 0.1) is 0 Å². The summed E-state index contributed by atoms with van der Waals surface area (Å²) in [6.45, 7) is 7.35. The Bertz CT molecular complexity index is 221. The minimum atomic E-state index is -0.697. The maximum absolute atomic E-state index is 10.7. The third-order valence-electron chi connectivity index (χ3n) is 3.21. The zero-order chi connectivity index (χ0) is 11.4. The quantitative estimate of drug-likeness (QED) is 0.754. The van der Waals surface area contributed by atoms with Crippen LogP contribution in [-0.4, -0.2) is 59.6 Å². The first kappa shape index (κ1) is 12.5. The maximum atomic E-state index is 10.7. The summed E-state index contributed by atoms with van der Waals surface area (Å²) < 4.78 is 0. The molecule has 0 bridgehead atoms. The lowest BCUT2D eigenvalue weighted by molar-refractivity contribution is -0.139. The predicted octanol–water partition coefficient (Wildman–Crippen LogP) is 0.876. The van der Waals surface area contributed by atoms with Gasteiger partial charge >= 0.3 is 5.97 Å². The monoisotopic (exact) mass is 214 g/mol. The molecule has 1 heterocycles. The van der Waals surface area contributed by atoms with Gasteiger partial charge in [0.05, 0.1) is 6.42 Å². The van der Waals surface area contributed by atoms with Gasteiger partial charge in [-0.15, -0.1) is 0 Å². The summed E-state index contributed by atoms with van der Waals surface area (Å²) >= 11 is 0. The van der Waals surface area contributed by atoms with Crippen LogP contribution in [0.4, 0.5) is 0 Å². The average molecular weight is 214 g/mol. The third-order valence-corrected chi connectivity index (χ3v) is 3.21. The molecule has 0 saturated carbocycles. The second-order valence-corrected chi connectivity index (χ2v) is 4.53. The highest BCUT2D eigenvalue weighted by Crippen LogP contribution is 2.16. The molecule has 0 aromatic rings. The highest BCUT2D eigenvalue weighted by Gasteiger charge is 2.30. The molecule has 2 atom stereocenters. The van der Waals surface area contributed by atoms with Crippen molar-refractivity contribution in [3.63, 3.8) is 0 Å². The van der Waals surface area contributed by atoms with E-state index in [9.17, 15) is 4.79 Å². The number of carbonyl (C=O) groups is 1. The first-order valence-electron chi connectivity index (χ1n) is 5.70. The van der Waals surface area contributed by atoms with E-state index in [0.29, 0.717) is 6.04 Å². The van der Waals surface area contributed by atoms with Gasteiger partial charge < -0.3 is 10.0 Å². The number of aliphatic carboxylic acids is 1. The van der Waals surface area contributed by atoms with Crippen molar-refractivity contribution >= 4 is 5.97 Å². The molecule has 1 N–H and O–H groups in total. The molecular weight excluding hydrogens is 192 g/mol. The number of likely N-dealkylation sites (N-methyl/N-ethyl adjacent to an activating group) is 1. The second-order valence-electron chi connectivity index (χ2n) is 4.53. The van der Waals surface area contributed by atoms with Gasteiger partial charge in [-0.1, -0.05) is 6.92 Å². The van der Waals surface area contributed by atoms with E-state index in [4.69, 9.17) is 5.11 Å². The van der Waals surface area contributed by atoms with Crippen molar-refractivity contribution < 1.29 is 9.90 Å². The van der Waals surface area contributed by atoms with Crippen LogP contribution in [0.3, 0.4) is 0 Å². The van der Waals surface area contributed by atoms with Crippen molar-refractivity contribution in [2.75, 3.05) is 26.7 Å². The first-order valence-corrected chi connectivity index (χ1v) is 5.70. The molecule has 88 valence electrons. The van der Waals surface area contributed by atoms with E-state index >= 15 is 0 Å². The second kappa shape index (κ2) is 5.47. The summed E-state index contributed by atoms with van der Waals surface area (Å²) in [6, 6.07) is 0.618. The highest BCUT2D eigenvalue weighted by atomic mass is 16.4. The van der Waals surface area contributed by atoms with Crippen LogP contribution in [-0.2, 0) is 4.79 Å². The molecule has 0 aromatic carbocycles. The molecule has 4 heteroatoms. The molecule has 1 aliphatic rings. The van der Waals surface area contributed by atoms with Crippen LogP contribution in [0.1, 0.15) is 26.7 Å². The topological polar surface area (TPSA) is 43.8 Å². The number of nitrogens with zero attached hydrogens (tertiary/aromatic N) is 2. The number of carboxylic acid groups (broad SMARTS) is 1. The first-order chi connectivity index (χ1) is 7.04. The Labute approximate surface area is 91.9 Å². The minimum Gasteiger partial charge on any atom is -0.481 e. The van der Waals surface area contributed by atoms with E-state index in [-0.39, 0.29) is 12.5 Å². The summed E-state index contributed by atoms with van der Waals surface area (Å²) in [5.74, 6) is -0.697. The average Bonchev–Trinajstić information content (AvgIpc) is 2.13. The van der Waals surface area contributed by atoms with Gasteiger partial charge in [-0.05, 0) is 26.9 Å². The SMILES string of the molecule is CCCN1CC(C)N(C)C(CC(=O)O)C1. The van der Waals surface area contributed by atoms with Gasteiger partial charge in [0.25, 0.3) is 0 Å². The zero-order valence-corrected chi connectivity index (χ0v) is 9.94. The van der Waals surface area contributed by atoms with Crippen molar-refractivity contribution in [1.29, 1.82) is 0 Å². The molecule has 1 rings (SSSR count). The Morgan fingerprint density at radius 2 is 2.13 bits per heavy atom. The van der Waals surface area contributed by atoms with E-state index in [1.807, 2.05) is 7.05 Å². The van der Waals surface area contributed by atoms with E-state index in [1.165, 1.54) is 0 Å². The summed E-state index contributed by atoms with van der Waals surface area (Å²) in [4.78, 5) is 15.3. The Kier molecular flexibility index (Phi) is 4.54. The largest absolute Gasteiger partial charge is 0.481 e. The van der Waals surface area contributed by atoms with Crippen molar-refractivity contribution in [1.82, 2.24) is 9.80 Å². The van der Waals surface area contributed by atoms with E-state index in [0.717, 1.165) is 26.1 Å². The summed E-state index contributed by atoms with van der Waals surface area (Å²) in [5, 5.41) is 8.84. The molecule has 1 aliphatic heterocycles. The van der Waals surface area contributed by atoms with Crippen molar-refractivity contribution in [3.05, 3.63) is 0 Å². The molecule has 2 unspecified atom stereocenters. The van der Waals surface area contributed by atoms with Gasteiger partial charge in [0.15, 0.2) is 0 Å². The molecule has 4 nitrogen and oxygen atoms in total. The summed E-state index contributed by atoms with van der Waals surface area (Å²) in [6.07, 6.45) is 1.39. The fraction of sp³-hybridized carbons (Fsp3) is 0.909. The molecule has 0 radical (unpaired) electrons. The summed E-state index contributed by atoms with van der Waals surface area (Å²) in [5.41, 5.74) is 0. The van der Waals surface area contributed by atoms with Crippen molar-refractivity contribution in [2.24, 2.45) is 0 Å². The number of hydrogen-bond acceptors (Lipinski definition) is 3. The Hall–Kier alpha value is -0.610. The van der Waals surface area contributed by atoms with E-state index in [2.05, 4.69) is 23.6 Å². The lowest BCUT2D eigenvalue weighted by atomic mass is 10.0. The van der Waals surface area contributed by atoms with E-state index in [1.54, 1.807) is 0 Å². The number of hydrogen-bond donors (Lipinski definition) is 1. The smallest absolute Gasteiger partial charge is 0.304 e. The molecule has 0 amide bonds. The van der Waals surface area contributed by atoms with Crippen molar-refractivity contribution in [3.8, 4) is 0 Å². The van der Waals surface area contributed by atoms with Crippen LogP contribution in [0.2, 0.25) is 0 Å². The number of carboxylic acids is 1. The van der Waals surface area contributed by atoms with Crippen molar-refractivity contribution in [2.45, 2.75) is 38.8 Å². The maximum Gasteiger partial charge on any atom is 0.304 e. The molecule has 1 saturated heterocycles. The Morgan fingerprint density at radius 3 is 2.67 bits per heavy atom. The summed E-state index contributed by atoms with van der Waals surface area (Å²) in [7, 11) is 2.03. The van der Waals surface area contributed by atoms with E-state index < -0.39 is 5.97 Å². The highest BCUT2D eigenvalue weighted by molar-refractivity contribution is 5.67. The zero-order valence-electron chi connectivity index (χ0n) is 9.94. The lowest BCUT2D eigenvalue weighted by Gasteiger charge is -2.43. The van der Waals surface area contributed by atoms with Gasteiger partial charge in [0, 0.05) is 25.2 Å². The minimum absolute atomic E-state index is 0.165. The fourth-order valence-electron chi connectivity index (χ4n) is 2.27. The predicted molar refractivity (Wildman–Crippen MR) is 60.0 cm³/mol. The van der Waals surface area contributed by atoms with Gasteiger partial charge in [0.2, 0.25) is 0 Å². The number of piperazine rings is 1. The molecule has 0 aromatic heterocycles. The lowest BCUT2D eigenvalue weighted by Crippen LogP contribution is -2.56.